The van der Waals surface area contributed by atoms with Gasteiger partial charge in [0.25, 0.3) is 0 Å². The van der Waals surface area contributed by atoms with Crippen LogP contribution in [0, 0.1) is 0 Å². The van der Waals surface area contributed by atoms with E-state index < -0.39 is 12.1 Å². The molecule has 0 heterocycles. The topological polar surface area (TPSA) is 135 Å². The minimum atomic E-state index is -0.717. The summed E-state index contributed by atoms with van der Waals surface area (Å²) < 4.78 is 0. The number of urea groups is 2. The van der Waals surface area contributed by atoms with Gasteiger partial charge >= 0.3 is 12.1 Å². The molecule has 0 aromatic heterocycles. The highest BCUT2D eigenvalue weighted by atomic mass is 16.2. The molecule has 8 heteroatoms. The van der Waals surface area contributed by atoms with E-state index >= 15 is 0 Å². The Morgan fingerprint density at radius 1 is 1.00 bits per heavy atom. The predicted octanol–water partition coefficient (Wildman–Crippen LogP) is -0.925. The van der Waals surface area contributed by atoms with Crippen molar-refractivity contribution in [2.45, 2.75) is 12.8 Å². The molecule has 0 radical (unpaired) electrons. The number of amides is 4. The highest BCUT2D eigenvalue weighted by Crippen LogP contribution is 1.79. The number of primary amides is 2. The van der Waals surface area contributed by atoms with Gasteiger partial charge in [-0.05, 0) is 12.8 Å². The first-order valence-corrected chi connectivity index (χ1v) is 3.77. The SMILES string of the molecule is NC(=O)NN=CCCC=NNC(N)=O. The second-order valence-electron chi connectivity index (χ2n) is 2.15. The van der Waals surface area contributed by atoms with Crippen LogP contribution in [0.15, 0.2) is 10.2 Å². The molecule has 0 saturated carbocycles. The Hall–Kier alpha value is -2.12. The molecule has 0 aromatic carbocycles. The average molecular weight is 200 g/mol. The fraction of sp³-hybridized carbons (Fsp3) is 0.333. The van der Waals surface area contributed by atoms with E-state index in [9.17, 15) is 9.59 Å². The van der Waals surface area contributed by atoms with Crippen LogP contribution in [0.5, 0.6) is 0 Å². The summed E-state index contributed by atoms with van der Waals surface area (Å²) in [4.78, 5) is 20.2. The van der Waals surface area contributed by atoms with E-state index in [0.717, 1.165) is 0 Å². The first-order chi connectivity index (χ1) is 6.63. The monoisotopic (exact) mass is 200 g/mol. The number of hydrazone groups is 2. The Bertz CT molecular complexity index is 223. The predicted molar refractivity (Wildman–Crippen MR) is 51.7 cm³/mol. The maximum atomic E-state index is 10.1. The zero-order valence-electron chi connectivity index (χ0n) is 7.43. The Kier molecular flexibility index (Phi) is 6.39. The lowest BCUT2D eigenvalue weighted by Crippen LogP contribution is -2.24. The molecule has 78 valence electrons. The smallest absolute Gasteiger partial charge is 0.332 e. The molecule has 0 spiro atoms. The number of hydrogen-bond donors (Lipinski definition) is 4. The Labute approximate surface area is 80.4 Å². The Morgan fingerprint density at radius 3 is 1.64 bits per heavy atom. The largest absolute Gasteiger partial charge is 0.350 e. The third-order valence-corrected chi connectivity index (χ3v) is 0.957. The molecule has 0 fully saturated rings. The number of unbranched alkanes of at least 4 members (excludes halogenated alkanes) is 1. The minimum Gasteiger partial charge on any atom is -0.350 e. The van der Waals surface area contributed by atoms with Crippen molar-refractivity contribution in [1.29, 1.82) is 0 Å². The van der Waals surface area contributed by atoms with E-state index in [1.807, 2.05) is 10.9 Å². The number of hydrogen-bond acceptors (Lipinski definition) is 4. The van der Waals surface area contributed by atoms with Gasteiger partial charge in [0.15, 0.2) is 0 Å². The third-order valence-electron chi connectivity index (χ3n) is 0.957. The summed E-state index contributed by atoms with van der Waals surface area (Å²) in [6.07, 6.45) is 4.04. The molecule has 0 atom stereocenters. The lowest BCUT2D eigenvalue weighted by Gasteiger charge is -1.90. The van der Waals surface area contributed by atoms with E-state index in [4.69, 9.17) is 11.5 Å². The van der Waals surface area contributed by atoms with Gasteiger partial charge in [0.05, 0.1) is 0 Å². The van der Waals surface area contributed by atoms with Crippen LogP contribution in [0.4, 0.5) is 9.59 Å². The zero-order valence-corrected chi connectivity index (χ0v) is 7.43. The van der Waals surface area contributed by atoms with Crippen molar-refractivity contribution in [3.8, 4) is 0 Å². The second kappa shape index (κ2) is 7.53. The molecule has 4 amide bonds. The molecule has 8 nitrogen and oxygen atoms in total. The molecule has 0 aliphatic rings. The van der Waals surface area contributed by atoms with Gasteiger partial charge in [0.1, 0.15) is 0 Å². The van der Waals surface area contributed by atoms with Crippen LogP contribution < -0.4 is 22.3 Å². The van der Waals surface area contributed by atoms with Gasteiger partial charge in [-0.2, -0.15) is 10.2 Å². The number of nitrogens with one attached hydrogen (secondary N) is 2. The van der Waals surface area contributed by atoms with Crippen LogP contribution in [0.1, 0.15) is 12.8 Å². The van der Waals surface area contributed by atoms with Crippen molar-refractivity contribution in [3.05, 3.63) is 0 Å². The molecular weight excluding hydrogens is 188 g/mol. The summed E-state index contributed by atoms with van der Waals surface area (Å²) in [6.45, 7) is 0. The Balaban J connectivity index is 3.37. The van der Waals surface area contributed by atoms with Crippen LogP contribution in [-0.4, -0.2) is 24.5 Å². The van der Waals surface area contributed by atoms with E-state index in [1.165, 1.54) is 12.4 Å². The molecule has 0 rings (SSSR count). The summed E-state index contributed by atoms with van der Waals surface area (Å²) >= 11 is 0. The second-order valence-corrected chi connectivity index (χ2v) is 2.15. The van der Waals surface area contributed by atoms with Gasteiger partial charge in [-0.25, -0.2) is 20.4 Å². The van der Waals surface area contributed by atoms with Gasteiger partial charge in [-0.3, -0.25) is 0 Å². The molecule has 0 saturated heterocycles. The average Bonchev–Trinajstić information content (AvgIpc) is 2.08. The van der Waals surface area contributed by atoms with Gasteiger partial charge in [0.2, 0.25) is 0 Å². The van der Waals surface area contributed by atoms with Gasteiger partial charge < -0.3 is 11.5 Å². The van der Waals surface area contributed by atoms with Crippen LogP contribution >= 0.6 is 0 Å². The van der Waals surface area contributed by atoms with Crippen molar-refractivity contribution >= 4 is 24.5 Å². The maximum Gasteiger partial charge on any atom is 0.332 e. The van der Waals surface area contributed by atoms with Crippen molar-refractivity contribution in [1.82, 2.24) is 10.9 Å². The van der Waals surface area contributed by atoms with Crippen molar-refractivity contribution in [2.24, 2.45) is 21.7 Å². The first kappa shape index (κ1) is 11.9. The highest BCUT2D eigenvalue weighted by Gasteiger charge is 1.84. The Morgan fingerprint density at radius 2 is 1.36 bits per heavy atom. The number of carbonyl (C=O) groups is 2. The van der Waals surface area contributed by atoms with Crippen molar-refractivity contribution in [3.63, 3.8) is 0 Å². The maximum absolute atomic E-state index is 10.1. The molecule has 14 heavy (non-hydrogen) atoms. The summed E-state index contributed by atoms with van der Waals surface area (Å²) in [5.74, 6) is 0. The van der Waals surface area contributed by atoms with E-state index in [2.05, 4.69) is 10.2 Å². The number of nitrogens with zero attached hydrogens (tertiary/aromatic N) is 2. The van der Waals surface area contributed by atoms with Crippen LogP contribution in [0.25, 0.3) is 0 Å². The lowest BCUT2D eigenvalue weighted by molar-refractivity contribution is 0.248. The molecule has 6 N–H and O–H groups in total. The standard InChI is InChI=1S/C6H12N6O2/c7-5(13)11-9-3-1-2-4-10-12-6(8)14/h3-4H,1-2H2,(H3,7,11,13)(H3,8,12,14). The number of rotatable bonds is 5. The molecule has 0 aliphatic carbocycles. The number of carbonyl (C=O) groups excluding carboxylic acids is 2. The third kappa shape index (κ3) is 9.88. The summed E-state index contributed by atoms with van der Waals surface area (Å²) in [5.41, 5.74) is 13.5. The fourth-order valence-electron chi connectivity index (χ4n) is 0.497. The quantitative estimate of drug-likeness (QED) is 0.259. The summed E-state index contributed by atoms with van der Waals surface area (Å²) in [7, 11) is 0. The van der Waals surface area contributed by atoms with Gasteiger partial charge in [-0.15, -0.1) is 0 Å². The molecule has 0 bridgehead atoms. The van der Waals surface area contributed by atoms with Crippen LogP contribution in [-0.2, 0) is 0 Å². The van der Waals surface area contributed by atoms with Crippen molar-refractivity contribution < 1.29 is 9.59 Å². The fourth-order valence-corrected chi connectivity index (χ4v) is 0.497. The minimum absolute atomic E-state index is 0.560. The lowest BCUT2D eigenvalue weighted by atomic mass is 10.3. The number of nitrogens with two attached hydrogens (primary N) is 2. The zero-order chi connectivity index (χ0) is 10.8. The molecule has 0 aromatic rings. The van der Waals surface area contributed by atoms with Gasteiger partial charge in [0, 0.05) is 12.4 Å². The summed E-state index contributed by atoms with van der Waals surface area (Å²) in [6, 6.07) is -1.43. The molecule has 0 unspecified atom stereocenters. The van der Waals surface area contributed by atoms with Crippen LogP contribution in [0.3, 0.4) is 0 Å². The summed E-state index contributed by atoms with van der Waals surface area (Å²) in [5, 5.41) is 6.96. The van der Waals surface area contributed by atoms with E-state index in [-0.39, 0.29) is 0 Å². The molecule has 0 aliphatic heterocycles. The first-order valence-electron chi connectivity index (χ1n) is 3.77. The van der Waals surface area contributed by atoms with E-state index in [0.29, 0.717) is 12.8 Å². The van der Waals surface area contributed by atoms with Crippen molar-refractivity contribution in [2.75, 3.05) is 0 Å². The van der Waals surface area contributed by atoms with E-state index in [1.54, 1.807) is 0 Å². The molecular formula is C6H12N6O2. The highest BCUT2D eigenvalue weighted by molar-refractivity contribution is 5.74. The van der Waals surface area contributed by atoms with Gasteiger partial charge in [-0.1, -0.05) is 0 Å². The van der Waals surface area contributed by atoms with Crippen LogP contribution in [0.2, 0.25) is 0 Å². The normalized spacial score (nSPS) is 10.6.